The highest BCUT2D eigenvalue weighted by atomic mass is 16.5. The number of piperidine rings is 1. The standard InChI is InChI=1S/C24H32N4O2/c1-23(2)14-18(15-24(3,4)28-23)25-22-8-7-20(26-27-22)19-6-5-17(13-21(19)29)16-9-11-30-12-10-16/h5-9,13,18,28-29H,10-12,14-15H2,1-4H3,(H,25,27). The van der Waals surface area contributed by atoms with E-state index >= 15 is 0 Å². The third-order valence-electron chi connectivity index (χ3n) is 5.81. The van der Waals surface area contributed by atoms with Crippen molar-refractivity contribution in [2.24, 2.45) is 0 Å². The van der Waals surface area contributed by atoms with Crippen molar-refractivity contribution in [2.45, 2.75) is 64.1 Å². The summed E-state index contributed by atoms with van der Waals surface area (Å²) in [5.41, 5.74) is 3.73. The van der Waals surface area contributed by atoms with Gasteiger partial charge in [0.05, 0.1) is 18.9 Å². The highest BCUT2D eigenvalue weighted by Gasteiger charge is 2.37. The largest absolute Gasteiger partial charge is 0.507 e. The first kappa shape index (κ1) is 20.8. The lowest BCUT2D eigenvalue weighted by Crippen LogP contribution is -2.60. The topological polar surface area (TPSA) is 79.3 Å². The third kappa shape index (κ3) is 4.82. The van der Waals surface area contributed by atoms with Crippen LogP contribution in [0.1, 0.15) is 52.5 Å². The molecule has 0 saturated carbocycles. The van der Waals surface area contributed by atoms with Crippen LogP contribution in [0, 0.1) is 0 Å². The Morgan fingerprint density at radius 1 is 1.07 bits per heavy atom. The summed E-state index contributed by atoms with van der Waals surface area (Å²) in [6, 6.07) is 9.93. The fourth-order valence-electron chi connectivity index (χ4n) is 4.92. The van der Waals surface area contributed by atoms with Gasteiger partial charge in [-0.2, -0.15) is 0 Å². The second-order valence-electron chi connectivity index (χ2n) is 9.73. The number of hydrogen-bond acceptors (Lipinski definition) is 6. The van der Waals surface area contributed by atoms with Crippen LogP contribution in [0.2, 0.25) is 0 Å². The van der Waals surface area contributed by atoms with Crippen molar-refractivity contribution in [1.82, 2.24) is 15.5 Å². The normalized spacial score (nSPS) is 21.1. The maximum atomic E-state index is 10.6. The van der Waals surface area contributed by atoms with Crippen LogP contribution in [-0.2, 0) is 4.74 Å². The zero-order chi connectivity index (χ0) is 21.4. The Morgan fingerprint density at radius 3 is 2.43 bits per heavy atom. The highest BCUT2D eigenvalue weighted by Crippen LogP contribution is 2.33. The van der Waals surface area contributed by atoms with Crippen LogP contribution < -0.4 is 10.6 Å². The van der Waals surface area contributed by atoms with Crippen LogP contribution in [0.3, 0.4) is 0 Å². The third-order valence-corrected chi connectivity index (χ3v) is 5.81. The molecule has 3 heterocycles. The second-order valence-corrected chi connectivity index (χ2v) is 9.73. The van der Waals surface area contributed by atoms with Gasteiger partial charge in [-0.25, -0.2) is 0 Å². The van der Waals surface area contributed by atoms with Crippen LogP contribution in [-0.4, -0.2) is 45.6 Å². The van der Waals surface area contributed by atoms with E-state index in [9.17, 15) is 5.11 Å². The van der Waals surface area contributed by atoms with Crippen molar-refractivity contribution in [3.05, 3.63) is 42.0 Å². The fraction of sp³-hybridized carbons (Fsp3) is 0.500. The molecule has 6 nitrogen and oxygen atoms in total. The molecule has 3 N–H and O–H groups in total. The predicted molar refractivity (Wildman–Crippen MR) is 120 cm³/mol. The number of aromatic hydroxyl groups is 1. The number of nitrogens with zero attached hydrogens (tertiary/aromatic N) is 2. The quantitative estimate of drug-likeness (QED) is 0.697. The Labute approximate surface area is 178 Å². The van der Waals surface area contributed by atoms with Gasteiger partial charge in [0.1, 0.15) is 11.6 Å². The first-order valence-corrected chi connectivity index (χ1v) is 10.7. The Balaban J connectivity index is 1.48. The molecule has 1 aromatic carbocycles. The van der Waals surface area contributed by atoms with Gasteiger partial charge in [0, 0.05) is 22.7 Å². The maximum absolute atomic E-state index is 10.6. The lowest BCUT2D eigenvalue weighted by Gasteiger charge is -2.46. The van der Waals surface area contributed by atoms with Gasteiger partial charge in [0.15, 0.2) is 0 Å². The Bertz CT molecular complexity index is 919. The number of phenols is 1. The van der Waals surface area contributed by atoms with Crippen molar-refractivity contribution in [1.29, 1.82) is 0 Å². The van der Waals surface area contributed by atoms with Gasteiger partial charge < -0.3 is 20.5 Å². The average Bonchev–Trinajstić information content (AvgIpc) is 2.67. The molecule has 0 spiro atoms. The van der Waals surface area contributed by atoms with Gasteiger partial charge in [-0.15, -0.1) is 10.2 Å². The predicted octanol–water partition coefficient (Wildman–Crippen LogP) is 4.37. The van der Waals surface area contributed by atoms with Gasteiger partial charge in [-0.3, -0.25) is 0 Å². The number of nitrogens with one attached hydrogen (secondary N) is 2. The minimum absolute atomic E-state index is 0.0697. The molecule has 1 aromatic heterocycles. The summed E-state index contributed by atoms with van der Waals surface area (Å²) < 4.78 is 5.37. The van der Waals surface area contributed by atoms with Crippen LogP contribution in [0.15, 0.2) is 36.4 Å². The molecule has 0 atom stereocenters. The summed E-state index contributed by atoms with van der Waals surface area (Å²) in [6.07, 6.45) is 4.97. The van der Waals surface area contributed by atoms with E-state index in [4.69, 9.17) is 4.74 Å². The molecule has 0 aliphatic carbocycles. The van der Waals surface area contributed by atoms with Crippen LogP contribution in [0.25, 0.3) is 16.8 Å². The first-order valence-electron chi connectivity index (χ1n) is 10.7. The lowest BCUT2D eigenvalue weighted by molar-refractivity contribution is 0.161. The van der Waals surface area contributed by atoms with E-state index < -0.39 is 0 Å². The Hall–Kier alpha value is -2.44. The summed E-state index contributed by atoms with van der Waals surface area (Å²) >= 11 is 0. The van der Waals surface area contributed by atoms with Gasteiger partial charge in [-0.1, -0.05) is 12.1 Å². The molecule has 1 fully saturated rings. The van der Waals surface area contributed by atoms with E-state index in [1.54, 1.807) is 6.07 Å². The molecule has 30 heavy (non-hydrogen) atoms. The van der Waals surface area contributed by atoms with Crippen molar-refractivity contribution in [3.63, 3.8) is 0 Å². The SMILES string of the molecule is CC1(C)CC(Nc2ccc(-c3ccc(C4=CCOCC4)cc3O)nn2)CC(C)(C)N1. The molecular weight excluding hydrogens is 376 g/mol. The molecule has 4 rings (SSSR count). The number of aromatic nitrogens is 2. The molecule has 160 valence electrons. The molecule has 2 aromatic rings. The minimum atomic E-state index is 0.0697. The molecule has 0 bridgehead atoms. The summed E-state index contributed by atoms with van der Waals surface area (Å²) in [6.45, 7) is 10.3. The summed E-state index contributed by atoms with van der Waals surface area (Å²) in [5.74, 6) is 0.984. The monoisotopic (exact) mass is 408 g/mol. The van der Waals surface area contributed by atoms with Gasteiger partial charge >= 0.3 is 0 Å². The summed E-state index contributed by atoms with van der Waals surface area (Å²) in [4.78, 5) is 0. The molecule has 6 heteroatoms. The fourth-order valence-corrected chi connectivity index (χ4v) is 4.92. The number of benzene rings is 1. The Morgan fingerprint density at radius 2 is 1.83 bits per heavy atom. The van der Waals surface area contributed by atoms with E-state index in [0.717, 1.165) is 37.3 Å². The van der Waals surface area contributed by atoms with Crippen LogP contribution in [0.5, 0.6) is 5.75 Å². The molecule has 2 aliphatic heterocycles. The average molecular weight is 409 g/mol. The summed E-state index contributed by atoms with van der Waals surface area (Å²) in [7, 11) is 0. The van der Waals surface area contributed by atoms with Crippen LogP contribution >= 0.6 is 0 Å². The van der Waals surface area contributed by atoms with Crippen molar-refractivity contribution >= 4 is 11.4 Å². The number of ether oxygens (including phenoxy) is 1. The number of rotatable bonds is 4. The molecule has 0 radical (unpaired) electrons. The van der Waals surface area contributed by atoms with Gasteiger partial charge in [-0.05, 0) is 82.4 Å². The minimum Gasteiger partial charge on any atom is -0.507 e. The van der Waals surface area contributed by atoms with Crippen molar-refractivity contribution < 1.29 is 9.84 Å². The van der Waals surface area contributed by atoms with E-state index in [1.807, 2.05) is 24.3 Å². The van der Waals surface area contributed by atoms with Gasteiger partial charge in [0.2, 0.25) is 0 Å². The Kier molecular flexibility index (Phi) is 5.55. The second kappa shape index (κ2) is 8.00. The maximum Gasteiger partial charge on any atom is 0.148 e. The van der Waals surface area contributed by atoms with Crippen molar-refractivity contribution in [3.8, 4) is 17.0 Å². The molecule has 2 aliphatic rings. The van der Waals surface area contributed by atoms with E-state index in [2.05, 4.69) is 54.6 Å². The van der Waals surface area contributed by atoms with Crippen molar-refractivity contribution in [2.75, 3.05) is 18.5 Å². The number of phenolic OH excluding ortho intramolecular Hbond substituents is 1. The van der Waals surface area contributed by atoms with Crippen LogP contribution in [0.4, 0.5) is 5.82 Å². The molecule has 0 amide bonds. The zero-order valence-corrected chi connectivity index (χ0v) is 18.3. The molecular formula is C24H32N4O2. The summed E-state index contributed by atoms with van der Waals surface area (Å²) in [5, 5.41) is 26.6. The molecule has 1 saturated heterocycles. The zero-order valence-electron chi connectivity index (χ0n) is 18.3. The highest BCUT2D eigenvalue weighted by molar-refractivity contribution is 5.74. The van der Waals surface area contributed by atoms with E-state index in [-0.39, 0.29) is 16.8 Å². The number of hydrogen-bond donors (Lipinski definition) is 3. The molecule has 0 unspecified atom stereocenters. The lowest BCUT2D eigenvalue weighted by atomic mass is 9.79. The van der Waals surface area contributed by atoms with E-state index in [1.165, 1.54) is 5.57 Å². The smallest absolute Gasteiger partial charge is 0.148 e. The van der Waals surface area contributed by atoms with E-state index in [0.29, 0.717) is 23.9 Å². The number of anilines is 1. The van der Waals surface area contributed by atoms with Gasteiger partial charge in [0.25, 0.3) is 0 Å². The first-order chi connectivity index (χ1) is 14.2.